The van der Waals surface area contributed by atoms with E-state index in [0.29, 0.717) is 23.9 Å². The molecule has 8 heteroatoms. The van der Waals surface area contributed by atoms with Gasteiger partial charge in [-0.3, -0.25) is 4.79 Å². The molecule has 0 saturated heterocycles. The first-order chi connectivity index (χ1) is 16.7. The van der Waals surface area contributed by atoms with Crippen molar-refractivity contribution in [3.63, 3.8) is 0 Å². The fraction of sp³-hybridized carbons (Fsp3) is 0.423. The van der Waals surface area contributed by atoms with Gasteiger partial charge in [-0.05, 0) is 43.4 Å². The van der Waals surface area contributed by atoms with E-state index in [1.54, 1.807) is 0 Å². The molecule has 1 aliphatic heterocycles. The molecule has 7 nitrogen and oxygen atoms in total. The topological polar surface area (TPSA) is 78.3 Å². The first-order valence-corrected chi connectivity index (χ1v) is 13.1. The Morgan fingerprint density at radius 3 is 2.62 bits per heavy atom. The average molecular weight is 477 g/mol. The van der Waals surface area contributed by atoms with Crippen LogP contribution in [0.5, 0.6) is 11.5 Å². The Kier molecular flexibility index (Phi) is 5.69. The zero-order chi connectivity index (χ0) is 23.0. The summed E-state index contributed by atoms with van der Waals surface area (Å²) in [5.74, 6) is 2.65. The van der Waals surface area contributed by atoms with Gasteiger partial charge in [0.1, 0.15) is 5.82 Å². The molecule has 3 aliphatic rings. The summed E-state index contributed by atoms with van der Waals surface area (Å²) >= 11 is 1.42. The van der Waals surface area contributed by atoms with Gasteiger partial charge < -0.3 is 19.4 Å². The third kappa shape index (κ3) is 4.51. The molecule has 1 aromatic heterocycles. The second-order valence-electron chi connectivity index (χ2n) is 9.36. The number of ether oxygens (including phenoxy) is 2. The number of hydrogen-bond donors (Lipinski definition) is 1. The van der Waals surface area contributed by atoms with Crippen LogP contribution in [0.25, 0.3) is 0 Å². The van der Waals surface area contributed by atoms with Crippen molar-refractivity contribution >= 4 is 23.4 Å². The zero-order valence-electron chi connectivity index (χ0n) is 19.0. The Balaban J connectivity index is 1.10. The van der Waals surface area contributed by atoms with Crippen LogP contribution in [0.4, 0.5) is 5.69 Å². The monoisotopic (exact) mass is 476 g/mol. The predicted octanol–water partition coefficient (Wildman–Crippen LogP) is 5.37. The molecule has 0 bridgehead atoms. The Labute approximate surface area is 203 Å². The van der Waals surface area contributed by atoms with E-state index in [9.17, 15) is 4.79 Å². The van der Waals surface area contributed by atoms with Gasteiger partial charge in [-0.15, -0.1) is 10.2 Å². The number of thioether (sulfide) groups is 1. The van der Waals surface area contributed by atoms with Crippen LogP contribution in [0.15, 0.2) is 53.7 Å². The van der Waals surface area contributed by atoms with E-state index >= 15 is 0 Å². The van der Waals surface area contributed by atoms with Crippen LogP contribution >= 0.6 is 11.8 Å². The summed E-state index contributed by atoms with van der Waals surface area (Å²) in [6.07, 6.45) is 7.59. The number of benzene rings is 2. The highest BCUT2D eigenvalue weighted by molar-refractivity contribution is 7.99. The number of hydrogen-bond acceptors (Lipinski definition) is 6. The number of aromatic nitrogens is 3. The molecule has 0 atom stereocenters. The van der Waals surface area contributed by atoms with E-state index in [-0.39, 0.29) is 11.7 Å². The maximum Gasteiger partial charge on any atom is 0.251 e. The maximum atomic E-state index is 12.7. The van der Waals surface area contributed by atoms with Crippen molar-refractivity contribution in [3.05, 3.63) is 59.9 Å². The van der Waals surface area contributed by atoms with Crippen molar-refractivity contribution in [1.29, 1.82) is 0 Å². The lowest BCUT2D eigenvalue weighted by atomic mass is 9.94. The number of nitrogens with zero attached hydrogens (tertiary/aromatic N) is 3. The first-order valence-electron chi connectivity index (χ1n) is 12.1. The number of nitrogens with one attached hydrogen (secondary N) is 1. The third-order valence-corrected chi connectivity index (χ3v) is 7.61. The standard InChI is InChI=1S/C26H28N4O3S/c31-23(27-20-11-12-21-22(15-20)33-26(32-21)13-5-2-6-14-26)17-34-25-29-28-24(19-9-10-19)30(25)16-18-7-3-1-4-8-18/h1,3-4,7-8,11-12,15,19H,2,5-6,9-10,13-14,16-17H2,(H,27,31). The highest BCUT2D eigenvalue weighted by Gasteiger charge is 2.42. The lowest BCUT2D eigenvalue weighted by Crippen LogP contribution is -2.40. The lowest BCUT2D eigenvalue weighted by molar-refractivity contribution is -0.113. The third-order valence-electron chi connectivity index (χ3n) is 6.64. The van der Waals surface area contributed by atoms with Crippen LogP contribution in [0.3, 0.4) is 0 Å². The maximum absolute atomic E-state index is 12.7. The number of carbonyl (C=O) groups is 1. The molecule has 0 radical (unpaired) electrons. The average Bonchev–Trinajstić information content (AvgIpc) is 3.53. The normalized spacial score (nSPS) is 18.2. The van der Waals surface area contributed by atoms with Crippen molar-refractivity contribution in [3.8, 4) is 11.5 Å². The molecule has 1 spiro atoms. The van der Waals surface area contributed by atoms with Crippen molar-refractivity contribution in [1.82, 2.24) is 14.8 Å². The molecule has 176 valence electrons. The van der Waals surface area contributed by atoms with Crippen LogP contribution in [0.2, 0.25) is 0 Å². The minimum atomic E-state index is -0.513. The fourth-order valence-electron chi connectivity index (χ4n) is 4.76. The van der Waals surface area contributed by atoms with E-state index in [2.05, 4.69) is 32.2 Å². The van der Waals surface area contributed by atoms with Crippen LogP contribution in [-0.2, 0) is 11.3 Å². The number of rotatable bonds is 7. The highest BCUT2D eigenvalue weighted by atomic mass is 32.2. The van der Waals surface area contributed by atoms with Gasteiger partial charge in [0.25, 0.3) is 5.79 Å². The zero-order valence-corrected chi connectivity index (χ0v) is 19.9. The van der Waals surface area contributed by atoms with Gasteiger partial charge in [-0.25, -0.2) is 0 Å². The van der Waals surface area contributed by atoms with Gasteiger partial charge in [0, 0.05) is 30.5 Å². The van der Waals surface area contributed by atoms with Gasteiger partial charge in [0.15, 0.2) is 16.7 Å². The molecule has 2 heterocycles. The second-order valence-corrected chi connectivity index (χ2v) is 10.3. The molecule has 2 fully saturated rings. The first kappa shape index (κ1) is 21.5. The summed E-state index contributed by atoms with van der Waals surface area (Å²) in [7, 11) is 0. The van der Waals surface area contributed by atoms with E-state index in [0.717, 1.165) is 55.3 Å². The summed E-state index contributed by atoms with van der Waals surface area (Å²) in [6, 6.07) is 15.9. The summed E-state index contributed by atoms with van der Waals surface area (Å²) in [4.78, 5) is 12.7. The van der Waals surface area contributed by atoms with Gasteiger partial charge in [-0.2, -0.15) is 0 Å². The molecular weight excluding hydrogens is 448 g/mol. The summed E-state index contributed by atoms with van der Waals surface area (Å²) in [5.41, 5.74) is 1.91. The summed E-state index contributed by atoms with van der Waals surface area (Å²) in [6.45, 7) is 0.716. The molecule has 2 aromatic carbocycles. The number of amides is 1. The fourth-order valence-corrected chi connectivity index (χ4v) is 5.50. The van der Waals surface area contributed by atoms with E-state index in [1.165, 1.54) is 23.7 Å². The van der Waals surface area contributed by atoms with Crippen molar-refractivity contribution in [2.24, 2.45) is 0 Å². The largest absolute Gasteiger partial charge is 0.448 e. The Morgan fingerprint density at radius 1 is 1.03 bits per heavy atom. The second kappa shape index (κ2) is 8.98. The molecule has 2 aliphatic carbocycles. The van der Waals surface area contributed by atoms with Gasteiger partial charge >= 0.3 is 0 Å². The Bertz CT molecular complexity index is 1190. The number of anilines is 1. The van der Waals surface area contributed by atoms with E-state index in [1.807, 2.05) is 36.4 Å². The molecule has 1 amide bonds. The molecular formula is C26H28N4O3S. The molecule has 6 rings (SSSR count). The van der Waals surface area contributed by atoms with Crippen LogP contribution < -0.4 is 14.8 Å². The van der Waals surface area contributed by atoms with Crippen molar-refractivity contribution in [2.75, 3.05) is 11.1 Å². The Morgan fingerprint density at radius 2 is 1.82 bits per heavy atom. The van der Waals surface area contributed by atoms with E-state index in [4.69, 9.17) is 9.47 Å². The van der Waals surface area contributed by atoms with Crippen molar-refractivity contribution in [2.45, 2.75) is 68.4 Å². The minimum absolute atomic E-state index is 0.0847. The number of carbonyl (C=O) groups excluding carboxylic acids is 1. The molecule has 1 N–H and O–H groups in total. The summed E-state index contributed by atoms with van der Waals surface area (Å²) in [5, 5.41) is 12.6. The molecule has 2 saturated carbocycles. The van der Waals surface area contributed by atoms with Gasteiger partial charge in [0.05, 0.1) is 12.3 Å². The Hall–Kier alpha value is -3.00. The molecule has 0 unspecified atom stereocenters. The highest BCUT2D eigenvalue weighted by Crippen LogP contribution is 2.46. The van der Waals surface area contributed by atoms with E-state index < -0.39 is 5.79 Å². The molecule has 3 aromatic rings. The van der Waals surface area contributed by atoms with Crippen LogP contribution in [-0.4, -0.2) is 32.2 Å². The van der Waals surface area contributed by atoms with Crippen LogP contribution in [0.1, 0.15) is 62.3 Å². The predicted molar refractivity (Wildman–Crippen MR) is 130 cm³/mol. The minimum Gasteiger partial charge on any atom is -0.448 e. The quantitative estimate of drug-likeness (QED) is 0.462. The summed E-state index contributed by atoms with van der Waals surface area (Å²) < 4.78 is 14.5. The smallest absolute Gasteiger partial charge is 0.251 e. The molecule has 34 heavy (non-hydrogen) atoms. The SMILES string of the molecule is O=C(CSc1nnc(C2CC2)n1Cc1ccccc1)Nc1ccc2c(c1)OC1(CCCCC1)O2. The van der Waals surface area contributed by atoms with Gasteiger partial charge in [-0.1, -0.05) is 48.5 Å². The van der Waals surface area contributed by atoms with Crippen molar-refractivity contribution < 1.29 is 14.3 Å². The lowest BCUT2D eigenvalue weighted by Gasteiger charge is -2.31. The van der Waals surface area contributed by atoms with Crippen LogP contribution in [0, 0.1) is 0 Å². The van der Waals surface area contributed by atoms with Gasteiger partial charge in [0.2, 0.25) is 5.91 Å². The number of fused-ring (bicyclic) bond motifs is 1.